The van der Waals surface area contributed by atoms with Crippen molar-refractivity contribution in [2.45, 2.75) is 31.7 Å². The predicted octanol–water partition coefficient (Wildman–Crippen LogP) is 2.96. The molecule has 80 valence electrons. The molecule has 0 radical (unpaired) electrons. The van der Waals surface area contributed by atoms with Crippen molar-refractivity contribution in [3.05, 3.63) is 34.3 Å². The Kier molecular flexibility index (Phi) is 2.83. The van der Waals surface area contributed by atoms with Gasteiger partial charge in [-0.15, -0.1) is 0 Å². The van der Waals surface area contributed by atoms with Crippen LogP contribution in [0.1, 0.15) is 31.7 Å². The topological polar surface area (TPSA) is 29.1 Å². The molecule has 0 unspecified atom stereocenters. The summed E-state index contributed by atoms with van der Waals surface area (Å²) in [7, 11) is 0. The van der Waals surface area contributed by atoms with Gasteiger partial charge in [0.1, 0.15) is 0 Å². The average Bonchev–Trinajstić information content (AvgIpc) is 2.11. The zero-order chi connectivity index (χ0) is 10.9. The van der Waals surface area contributed by atoms with Crippen LogP contribution < -0.4 is 5.32 Å². The molecule has 0 aromatic heterocycles. The first-order valence-corrected chi connectivity index (χ1v) is 5.96. The molecule has 1 aromatic carbocycles. The van der Waals surface area contributed by atoms with Crippen molar-refractivity contribution in [1.82, 2.24) is 5.32 Å². The first-order chi connectivity index (χ1) is 7.12. The Morgan fingerprint density at radius 3 is 2.67 bits per heavy atom. The van der Waals surface area contributed by atoms with Gasteiger partial charge in [-0.1, -0.05) is 28.1 Å². The number of halogens is 1. The van der Waals surface area contributed by atoms with E-state index in [1.54, 1.807) is 6.92 Å². The fraction of sp³-hybridized carbons (Fsp3) is 0.417. The summed E-state index contributed by atoms with van der Waals surface area (Å²) in [5.74, 6) is 0.0506. The van der Waals surface area contributed by atoms with Crippen LogP contribution in [0, 0.1) is 0 Å². The Morgan fingerprint density at radius 2 is 2.20 bits per heavy atom. The lowest BCUT2D eigenvalue weighted by Crippen LogP contribution is -2.50. The van der Waals surface area contributed by atoms with Crippen molar-refractivity contribution in [2.75, 3.05) is 0 Å². The largest absolute Gasteiger partial charge is 0.347 e. The number of rotatable bonds is 2. The number of amides is 1. The van der Waals surface area contributed by atoms with Gasteiger partial charge in [-0.2, -0.15) is 0 Å². The van der Waals surface area contributed by atoms with Crippen LogP contribution in [0.2, 0.25) is 0 Å². The molecule has 1 saturated carbocycles. The fourth-order valence-corrected chi connectivity index (χ4v) is 2.54. The van der Waals surface area contributed by atoms with Crippen molar-refractivity contribution in [3.8, 4) is 0 Å². The minimum absolute atomic E-state index is 0.0506. The van der Waals surface area contributed by atoms with Crippen molar-refractivity contribution in [1.29, 1.82) is 0 Å². The highest BCUT2D eigenvalue weighted by Crippen LogP contribution is 2.41. The summed E-state index contributed by atoms with van der Waals surface area (Å²) in [6.45, 7) is 1.58. The second kappa shape index (κ2) is 3.97. The smallest absolute Gasteiger partial charge is 0.217 e. The van der Waals surface area contributed by atoms with Gasteiger partial charge in [-0.05, 0) is 37.0 Å². The molecule has 0 heterocycles. The molecule has 0 bridgehead atoms. The Bertz CT molecular complexity index is 385. The van der Waals surface area contributed by atoms with Crippen LogP contribution in [0.4, 0.5) is 0 Å². The first kappa shape index (κ1) is 10.7. The third-order valence-corrected chi connectivity index (χ3v) is 3.49. The number of hydrogen-bond donors (Lipinski definition) is 1. The number of carbonyl (C=O) groups is 1. The van der Waals surface area contributed by atoms with Gasteiger partial charge in [0.25, 0.3) is 0 Å². The molecule has 2 nitrogen and oxygen atoms in total. The van der Waals surface area contributed by atoms with Crippen LogP contribution in [-0.2, 0) is 10.3 Å². The van der Waals surface area contributed by atoms with Crippen molar-refractivity contribution in [3.63, 3.8) is 0 Å². The molecular weight excluding hydrogens is 254 g/mol. The standard InChI is InChI=1S/C12H14BrNO/c1-9(15)14-12(6-3-7-12)10-4-2-5-11(13)8-10/h2,4-5,8H,3,6-7H2,1H3,(H,14,15). The summed E-state index contributed by atoms with van der Waals surface area (Å²) in [4.78, 5) is 11.2. The van der Waals surface area contributed by atoms with Gasteiger partial charge in [0.2, 0.25) is 5.91 Å². The van der Waals surface area contributed by atoms with Crippen molar-refractivity contribution >= 4 is 21.8 Å². The van der Waals surface area contributed by atoms with Gasteiger partial charge in [0.15, 0.2) is 0 Å². The molecule has 1 aliphatic rings. The normalized spacial score (nSPS) is 18.0. The summed E-state index contributed by atoms with van der Waals surface area (Å²) in [5, 5.41) is 3.08. The van der Waals surface area contributed by atoms with Crippen LogP contribution in [0.15, 0.2) is 28.7 Å². The van der Waals surface area contributed by atoms with Crippen LogP contribution in [-0.4, -0.2) is 5.91 Å². The zero-order valence-electron chi connectivity index (χ0n) is 8.72. The van der Waals surface area contributed by atoms with Gasteiger partial charge in [-0.3, -0.25) is 4.79 Å². The molecule has 0 aliphatic heterocycles. The quantitative estimate of drug-likeness (QED) is 0.877. The van der Waals surface area contributed by atoms with Crippen LogP contribution in [0.25, 0.3) is 0 Å². The number of nitrogens with one attached hydrogen (secondary N) is 1. The summed E-state index contributed by atoms with van der Waals surface area (Å²) in [6, 6.07) is 8.19. The van der Waals surface area contributed by atoms with Crippen LogP contribution >= 0.6 is 15.9 Å². The molecule has 1 aliphatic carbocycles. The lowest BCUT2D eigenvalue weighted by atomic mass is 9.72. The molecule has 1 amide bonds. The number of carbonyl (C=O) groups excluding carboxylic acids is 1. The van der Waals surface area contributed by atoms with E-state index in [9.17, 15) is 4.79 Å². The molecule has 1 N–H and O–H groups in total. The molecule has 0 saturated heterocycles. The third-order valence-electron chi connectivity index (χ3n) is 3.00. The average molecular weight is 268 g/mol. The van der Waals surface area contributed by atoms with Gasteiger partial charge in [0, 0.05) is 11.4 Å². The lowest BCUT2D eigenvalue weighted by Gasteiger charge is -2.43. The van der Waals surface area contributed by atoms with E-state index >= 15 is 0 Å². The maximum absolute atomic E-state index is 11.2. The minimum atomic E-state index is -0.102. The Hall–Kier alpha value is -0.830. The summed E-state index contributed by atoms with van der Waals surface area (Å²) < 4.78 is 1.07. The van der Waals surface area contributed by atoms with E-state index in [4.69, 9.17) is 0 Å². The van der Waals surface area contributed by atoms with E-state index in [1.807, 2.05) is 12.1 Å². The number of hydrogen-bond acceptors (Lipinski definition) is 1. The molecule has 1 fully saturated rings. The predicted molar refractivity (Wildman–Crippen MR) is 63.5 cm³/mol. The number of benzene rings is 1. The summed E-state index contributed by atoms with van der Waals surface area (Å²) in [6.07, 6.45) is 3.28. The third kappa shape index (κ3) is 2.07. The summed E-state index contributed by atoms with van der Waals surface area (Å²) in [5.41, 5.74) is 1.11. The van der Waals surface area contributed by atoms with E-state index in [0.717, 1.165) is 17.3 Å². The van der Waals surface area contributed by atoms with E-state index in [0.29, 0.717) is 0 Å². The Morgan fingerprint density at radius 1 is 1.47 bits per heavy atom. The molecule has 0 atom stereocenters. The minimum Gasteiger partial charge on any atom is -0.347 e. The SMILES string of the molecule is CC(=O)NC1(c2cccc(Br)c2)CCC1. The highest BCUT2D eigenvalue weighted by molar-refractivity contribution is 9.10. The maximum atomic E-state index is 11.2. The first-order valence-electron chi connectivity index (χ1n) is 5.17. The summed E-state index contributed by atoms with van der Waals surface area (Å²) >= 11 is 3.46. The monoisotopic (exact) mass is 267 g/mol. The van der Waals surface area contributed by atoms with Crippen LogP contribution in [0.3, 0.4) is 0 Å². The highest BCUT2D eigenvalue weighted by atomic mass is 79.9. The van der Waals surface area contributed by atoms with Gasteiger partial charge in [0.05, 0.1) is 5.54 Å². The second-order valence-corrected chi connectivity index (χ2v) is 5.04. The van der Waals surface area contributed by atoms with Crippen molar-refractivity contribution < 1.29 is 4.79 Å². The van der Waals surface area contributed by atoms with Gasteiger partial charge in [-0.25, -0.2) is 0 Å². The Labute approximate surface area is 98.2 Å². The maximum Gasteiger partial charge on any atom is 0.217 e. The fourth-order valence-electron chi connectivity index (χ4n) is 2.14. The second-order valence-electron chi connectivity index (χ2n) is 4.13. The zero-order valence-corrected chi connectivity index (χ0v) is 10.3. The van der Waals surface area contributed by atoms with E-state index < -0.39 is 0 Å². The van der Waals surface area contributed by atoms with E-state index in [1.165, 1.54) is 12.0 Å². The molecule has 3 heteroatoms. The Balaban J connectivity index is 2.29. The lowest BCUT2D eigenvalue weighted by molar-refractivity contribution is -0.122. The highest BCUT2D eigenvalue weighted by Gasteiger charge is 2.39. The van der Waals surface area contributed by atoms with Gasteiger partial charge >= 0.3 is 0 Å². The van der Waals surface area contributed by atoms with E-state index in [-0.39, 0.29) is 11.4 Å². The molecular formula is C12H14BrNO. The van der Waals surface area contributed by atoms with E-state index in [2.05, 4.69) is 33.4 Å². The molecule has 2 rings (SSSR count). The van der Waals surface area contributed by atoms with Crippen LogP contribution in [0.5, 0.6) is 0 Å². The molecule has 15 heavy (non-hydrogen) atoms. The molecule has 0 spiro atoms. The molecule has 1 aromatic rings. The van der Waals surface area contributed by atoms with Crippen molar-refractivity contribution in [2.24, 2.45) is 0 Å². The van der Waals surface area contributed by atoms with Gasteiger partial charge < -0.3 is 5.32 Å².